The highest BCUT2D eigenvalue weighted by Crippen LogP contribution is 2.43. The molecule has 1 aromatic carbocycles. The predicted octanol–water partition coefficient (Wildman–Crippen LogP) is 3.72. The maximum atomic E-state index is 14.2. The first-order valence-electron chi connectivity index (χ1n) is 9.58. The molecule has 0 saturated carbocycles. The molecule has 0 aliphatic carbocycles. The highest BCUT2D eigenvalue weighted by atomic mass is 35.5. The van der Waals surface area contributed by atoms with E-state index in [1.165, 1.54) is 11.3 Å². The molecule has 11 heteroatoms. The van der Waals surface area contributed by atoms with Crippen molar-refractivity contribution >= 4 is 57.9 Å². The summed E-state index contributed by atoms with van der Waals surface area (Å²) in [7, 11) is 0. The van der Waals surface area contributed by atoms with Crippen molar-refractivity contribution in [3.05, 3.63) is 50.9 Å². The number of esters is 1. The van der Waals surface area contributed by atoms with Gasteiger partial charge in [-0.3, -0.25) is 9.59 Å². The third-order valence-electron chi connectivity index (χ3n) is 4.59. The van der Waals surface area contributed by atoms with Gasteiger partial charge < -0.3 is 20.9 Å². The van der Waals surface area contributed by atoms with Gasteiger partial charge in [0.1, 0.15) is 11.9 Å². The van der Waals surface area contributed by atoms with Crippen LogP contribution in [0.25, 0.3) is 11.3 Å². The lowest BCUT2D eigenvalue weighted by Crippen LogP contribution is -2.38. The smallest absolute Gasteiger partial charge is 0.326 e. The fraction of sp³-hybridized carbons (Fsp3) is 0.286. The van der Waals surface area contributed by atoms with E-state index in [2.05, 4.69) is 0 Å². The molecular weight excluding hydrogens is 461 g/mol. The van der Waals surface area contributed by atoms with Crippen LogP contribution in [-0.2, 0) is 19.1 Å². The number of benzene rings is 1. The summed E-state index contributed by atoms with van der Waals surface area (Å²) in [5.74, 6) is -2.08. The highest BCUT2D eigenvalue weighted by molar-refractivity contribution is 7.11. The van der Waals surface area contributed by atoms with Gasteiger partial charge in [-0.1, -0.05) is 31.5 Å². The number of anilines is 1. The molecule has 170 valence electrons. The first kappa shape index (κ1) is 23.7. The standard InChI is InChI=1S/C21H21ClFN3O5S/c1-10(2)6-14(24)20(28)31-9-30-18(16-4-3-5-32-16)17-11-7-13(23)12(22)8-15(11)26(19(17)27)21(25)29/h3-5,7-8,10,14H,6,9,24H2,1-2H3,(H2,25,29)/b18-17+/t14-/m0/s1. The molecule has 1 atom stereocenters. The van der Waals surface area contributed by atoms with Crippen LogP contribution in [0.1, 0.15) is 30.7 Å². The molecule has 0 unspecified atom stereocenters. The lowest BCUT2D eigenvalue weighted by Gasteiger charge is -2.16. The Labute approximate surface area is 192 Å². The Balaban J connectivity index is 1.99. The first-order valence-corrected chi connectivity index (χ1v) is 10.8. The van der Waals surface area contributed by atoms with Crippen LogP contribution in [-0.4, -0.2) is 30.7 Å². The van der Waals surface area contributed by atoms with E-state index in [4.69, 9.17) is 32.5 Å². The lowest BCUT2D eigenvalue weighted by atomic mass is 10.0. The van der Waals surface area contributed by atoms with Gasteiger partial charge >= 0.3 is 12.0 Å². The molecule has 0 spiro atoms. The number of rotatable bonds is 7. The minimum absolute atomic E-state index is 0.00181. The Kier molecular flexibility index (Phi) is 7.17. The summed E-state index contributed by atoms with van der Waals surface area (Å²) in [6.07, 6.45) is 0.428. The normalized spacial score (nSPS) is 15.6. The number of nitrogens with two attached hydrogens (primary N) is 2. The number of hydrogen-bond acceptors (Lipinski definition) is 7. The molecule has 1 aliphatic heterocycles. The van der Waals surface area contributed by atoms with Crippen molar-refractivity contribution in [1.29, 1.82) is 0 Å². The Morgan fingerprint density at radius 2 is 2.00 bits per heavy atom. The fourth-order valence-electron chi connectivity index (χ4n) is 3.23. The van der Waals surface area contributed by atoms with Gasteiger partial charge in [0.05, 0.1) is 21.2 Å². The van der Waals surface area contributed by atoms with Crippen molar-refractivity contribution in [3.63, 3.8) is 0 Å². The van der Waals surface area contributed by atoms with Crippen LogP contribution in [0.15, 0.2) is 29.6 Å². The van der Waals surface area contributed by atoms with Crippen molar-refractivity contribution in [3.8, 4) is 0 Å². The second-order valence-electron chi connectivity index (χ2n) is 7.41. The predicted molar refractivity (Wildman–Crippen MR) is 119 cm³/mol. The van der Waals surface area contributed by atoms with Crippen LogP contribution in [0.5, 0.6) is 0 Å². The second-order valence-corrected chi connectivity index (χ2v) is 8.76. The number of urea groups is 1. The number of halogens is 2. The number of thiophene rings is 1. The van der Waals surface area contributed by atoms with Crippen molar-refractivity contribution in [2.24, 2.45) is 17.4 Å². The monoisotopic (exact) mass is 481 g/mol. The van der Waals surface area contributed by atoms with E-state index in [9.17, 15) is 18.8 Å². The molecule has 2 heterocycles. The first-order chi connectivity index (χ1) is 15.1. The zero-order valence-corrected chi connectivity index (χ0v) is 18.8. The van der Waals surface area contributed by atoms with Crippen LogP contribution in [0.2, 0.25) is 5.02 Å². The molecule has 32 heavy (non-hydrogen) atoms. The fourth-order valence-corrected chi connectivity index (χ4v) is 4.11. The van der Waals surface area contributed by atoms with Gasteiger partial charge in [-0.25, -0.2) is 14.1 Å². The summed E-state index contributed by atoms with van der Waals surface area (Å²) >= 11 is 7.07. The molecule has 0 saturated heterocycles. The summed E-state index contributed by atoms with van der Waals surface area (Å²) in [4.78, 5) is 38.3. The van der Waals surface area contributed by atoms with E-state index in [-0.39, 0.29) is 33.5 Å². The Morgan fingerprint density at radius 1 is 1.28 bits per heavy atom. The second kappa shape index (κ2) is 9.68. The molecule has 4 N–H and O–H groups in total. The molecule has 1 aliphatic rings. The van der Waals surface area contributed by atoms with E-state index in [1.807, 2.05) is 13.8 Å². The summed E-state index contributed by atoms with van der Waals surface area (Å²) < 4.78 is 25.0. The number of hydrogen-bond donors (Lipinski definition) is 2. The Morgan fingerprint density at radius 3 is 2.59 bits per heavy atom. The maximum absolute atomic E-state index is 14.2. The molecule has 2 aromatic rings. The summed E-state index contributed by atoms with van der Waals surface area (Å²) in [6.45, 7) is 3.29. The highest BCUT2D eigenvalue weighted by Gasteiger charge is 2.40. The molecule has 0 bridgehead atoms. The number of amides is 3. The van der Waals surface area contributed by atoms with Crippen molar-refractivity contribution in [1.82, 2.24) is 0 Å². The van der Waals surface area contributed by atoms with Crippen LogP contribution in [0, 0.1) is 11.7 Å². The third-order valence-corrected chi connectivity index (χ3v) is 5.75. The zero-order chi connectivity index (χ0) is 23.6. The lowest BCUT2D eigenvalue weighted by molar-refractivity contribution is -0.153. The molecule has 0 radical (unpaired) electrons. The van der Waals surface area contributed by atoms with Gasteiger partial charge in [0.25, 0.3) is 5.91 Å². The van der Waals surface area contributed by atoms with Crippen LogP contribution in [0.4, 0.5) is 14.9 Å². The van der Waals surface area contributed by atoms with Crippen molar-refractivity contribution in [2.45, 2.75) is 26.3 Å². The quantitative estimate of drug-likeness (QED) is 0.269. The third kappa shape index (κ3) is 4.77. The molecule has 3 amide bonds. The van der Waals surface area contributed by atoms with Gasteiger partial charge in [-0.05, 0) is 35.9 Å². The van der Waals surface area contributed by atoms with E-state index in [1.54, 1.807) is 17.5 Å². The van der Waals surface area contributed by atoms with Crippen LogP contribution in [0.3, 0.4) is 0 Å². The van der Waals surface area contributed by atoms with Gasteiger partial charge in [0, 0.05) is 5.56 Å². The molecule has 1 aromatic heterocycles. The molecular formula is C21H21ClFN3O5S. The molecule has 3 rings (SSSR count). The van der Waals surface area contributed by atoms with E-state index in [0.29, 0.717) is 16.2 Å². The van der Waals surface area contributed by atoms with E-state index in [0.717, 1.165) is 12.1 Å². The van der Waals surface area contributed by atoms with Gasteiger partial charge in [-0.2, -0.15) is 0 Å². The summed E-state index contributed by atoms with van der Waals surface area (Å²) in [5.41, 5.74) is 11.2. The van der Waals surface area contributed by atoms with Gasteiger partial charge in [0.2, 0.25) is 6.79 Å². The maximum Gasteiger partial charge on any atom is 0.326 e. The average molecular weight is 482 g/mol. The number of imide groups is 1. The molecule has 0 fully saturated rings. The summed E-state index contributed by atoms with van der Waals surface area (Å²) in [5, 5.41) is 1.45. The number of fused-ring (bicyclic) bond motifs is 1. The van der Waals surface area contributed by atoms with Gasteiger partial charge in [0.15, 0.2) is 5.76 Å². The van der Waals surface area contributed by atoms with E-state index < -0.39 is 36.6 Å². The number of carbonyl (C=O) groups is 3. The average Bonchev–Trinajstić information content (AvgIpc) is 3.32. The number of nitrogens with zero attached hydrogens (tertiary/aromatic N) is 1. The number of primary amides is 1. The van der Waals surface area contributed by atoms with Crippen LogP contribution < -0.4 is 16.4 Å². The molecule has 8 nitrogen and oxygen atoms in total. The Bertz CT molecular complexity index is 1090. The van der Waals surface area contributed by atoms with Crippen LogP contribution >= 0.6 is 22.9 Å². The summed E-state index contributed by atoms with van der Waals surface area (Å²) in [6, 6.07) is 3.64. The number of carbonyl (C=O) groups excluding carboxylic acids is 3. The minimum Gasteiger partial charge on any atom is -0.455 e. The topological polar surface area (TPSA) is 125 Å². The van der Waals surface area contributed by atoms with E-state index >= 15 is 0 Å². The zero-order valence-electron chi connectivity index (χ0n) is 17.3. The number of ether oxygens (including phenoxy) is 2. The van der Waals surface area contributed by atoms with Crippen molar-refractivity contribution in [2.75, 3.05) is 11.7 Å². The SMILES string of the molecule is CC(C)C[C@H](N)C(=O)OCO/C(=C1/C(=O)N(C(N)=O)c2cc(Cl)c(F)cc21)c1cccs1. The Hall–Kier alpha value is -2.95. The van der Waals surface area contributed by atoms with Gasteiger partial charge in [-0.15, -0.1) is 11.3 Å². The van der Waals surface area contributed by atoms with Crippen molar-refractivity contribution < 1.29 is 28.2 Å². The largest absolute Gasteiger partial charge is 0.455 e. The minimum atomic E-state index is -1.06.